The van der Waals surface area contributed by atoms with E-state index in [1.807, 2.05) is 19.9 Å². The lowest BCUT2D eigenvalue weighted by Crippen LogP contribution is -2.39. The van der Waals surface area contributed by atoms with Gasteiger partial charge in [0.2, 0.25) is 5.91 Å². The second kappa shape index (κ2) is 4.47. The molecular formula is C14H22N2O. The van der Waals surface area contributed by atoms with Crippen LogP contribution in [0.1, 0.15) is 52.8 Å². The highest BCUT2D eigenvalue weighted by Gasteiger charge is 2.24. The Morgan fingerprint density at radius 3 is 2.29 bits per heavy atom. The summed E-state index contributed by atoms with van der Waals surface area (Å²) in [7, 11) is 0. The molecule has 0 saturated carbocycles. The zero-order valence-corrected chi connectivity index (χ0v) is 11.6. The van der Waals surface area contributed by atoms with Crippen molar-refractivity contribution in [2.24, 2.45) is 0 Å². The van der Waals surface area contributed by atoms with Gasteiger partial charge in [0.1, 0.15) is 0 Å². The molecular weight excluding hydrogens is 212 g/mol. The highest BCUT2D eigenvalue weighted by atomic mass is 16.1. The highest BCUT2D eigenvalue weighted by Crippen LogP contribution is 2.25. The summed E-state index contributed by atoms with van der Waals surface area (Å²) in [5, 5.41) is 2.95. The summed E-state index contributed by atoms with van der Waals surface area (Å²) in [5.74, 6) is -0.0240. The second-order valence-electron chi connectivity index (χ2n) is 5.99. The third-order valence-electron chi connectivity index (χ3n) is 2.74. The van der Waals surface area contributed by atoms with Gasteiger partial charge in [0, 0.05) is 24.2 Å². The van der Waals surface area contributed by atoms with Crippen LogP contribution in [0.15, 0.2) is 18.3 Å². The number of hydrogen-bond acceptors (Lipinski definition) is 2. The lowest BCUT2D eigenvalue weighted by molar-refractivity contribution is -0.120. The first-order chi connectivity index (χ1) is 7.63. The van der Waals surface area contributed by atoms with Gasteiger partial charge >= 0.3 is 0 Å². The van der Waals surface area contributed by atoms with E-state index in [-0.39, 0.29) is 16.9 Å². The maximum Gasteiger partial charge on any atom is 0.217 e. The van der Waals surface area contributed by atoms with Crippen molar-refractivity contribution in [3.05, 3.63) is 29.6 Å². The van der Waals surface area contributed by atoms with Crippen molar-refractivity contribution in [3.8, 4) is 0 Å². The Balaban J connectivity index is 3.11. The molecule has 1 rings (SSSR count). The Bertz CT molecular complexity index is 416. The largest absolute Gasteiger partial charge is 0.347 e. The van der Waals surface area contributed by atoms with Gasteiger partial charge in [-0.1, -0.05) is 20.8 Å². The molecule has 0 aliphatic heterocycles. The van der Waals surface area contributed by atoms with Crippen molar-refractivity contribution < 1.29 is 4.79 Å². The molecule has 0 aromatic carbocycles. The molecule has 94 valence electrons. The van der Waals surface area contributed by atoms with Gasteiger partial charge in [-0.25, -0.2) is 0 Å². The molecule has 0 aliphatic rings. The molecule has 0 spiro atoms. The van der Waals surface area contributed by atoms with Crippen LogP contribution in [0.2, 0.25) is 0 Å². The molecule has 1 amide bonds. The fourth-order valence-electron chi connectivity index (χ4n) is 1.74. The minimum absolute atomic E-state index is 0.0162. The summed E-state index contributed by atoms with van der Waals surface area (Å²) in [6.45, 7) is 11.9. The fraction of sp³-hybridized carbons (Fsp3) is 0.571. The minimum atomic E-state index is -0.366. The van der Waals surface area contributed by atoms with Crippen molar-refractivity contribution in [2.45, 2.75) is 52.5 Å². The van der Waals surface area contributed by atoms with E-state index in [1.54, 1.807) is 6.20 Å². The van der Waals surface area contributed by atoms with Gasteiger partial charge in [-0.05, 0) is 31.5 Å². The lowest BCUT2D eigenvalue weighted by atomic mass is 9.87. The quantitative estimate of drug-likeness (QED) is 0.855. The predicted octanol–water partition coefficient (Wildman–Crippen LogP) is 2.75. The van der Waals surface area contributed by atoms with Gasteiger partial charge < -0.3 is 5.32 Å². The van der Waals surface area contributed by atoms with Gasteiger partial charge in [0.15, 0.2) is 0 Å². The number of carbonyl (C=O) groups is 1. The molecule has 1 aromatic heterocycles. The normalized spacial score (nSPS) is 12.4. The van der Waals surface area contributed by atoms with E-state index in [0.717, 1.165) is 11.3 Å². The summed E-state index contributed by atoms with van der Waals surface area (Å²) in [6.07, 6.45) is 1.81. The number of aromatic nitrogens is 1. The predicted molar refractivity (Wildman–Crippen MR) is 69.8 cm³/mol. The monoisotopic (exact) mass is 234 g/mol. The number of nitrogens with one attached hydrogen (secondary N) is 1. The first-order valence-corrected chi connectivity index (χ1v) is 5.89. The topological polar surface area (TPSA) is 42.0 Å². The van der Waals surface area contributed by atoms with Gasteiger partial charge in [-0.3, -0.25) is 9.78 Å². The van der Waals surface area contributed by atoms with Crippen molar-refractivity contribution in [2.75, 3.05) is 0 Å². The van der Waals surface area contributed by atoms with Crippen LogP contribution in [0.5, 0.6) is 0 Å². The van der Waals surface area contributed by atoms with E-state index < -0.39 is 0 Å². The maximum atomic E-state index is 11.2. The van der Waals surface area contributed by atoms with E-state index >= 15 is 0 Å². The standard InChI is InChI=1S/C14H22N2O/c1-10(17)16-14(5,6)11-7-8-15-12(9-11)13(2,3)4/h7-9H,1-6H3,(H,16,17). The molecule has 3 heteroatoms. The van der Waals surface area contributed by atoms with Crippen molar-refractivity contribution in [1.82, 2.24) is 10.3 Å². The third kappa shape index (κ3) is 3.55. The molecule has 0 fully saturated rings. The molecule has 1 aromatic rings. The molecule has 1 heterocycles. The smallest absolute Gasteiger partial charge is 0.217 e. The minimum Gasteiger partial charge on any atom is -0.347 e. The molecule has 0 radical (unpaired) electrons. The Hall–Kier alpha value is -1.38. The molecule has 3 nitrogen and oxygen atoms in total. The van der Waals surface area contributed by atoms with Gasteiger partial charge in [-0.15, -0.1) is 0 Å². The SMILES string of the molecule is CC(=O)NC(C)(C)c1ccnc(C(C)(C)C)c1. The van der Waals surface area contributed by atoms with Crippen LogP contribution in [0.3, 0.4) is 0 Å². The molecule has 1 N–H and O–H groups in total. The summed E-state index contributed by atoms with van der Waals surface area (Å²) in [4.78, 5) is 15.6. The Kier molecular flexibility index (Phi) is 3.60. The zero-order valence-electron chi connectivity index (χ0n) is 11.6. The average Bonchev–Trinajstić information content (AvgIpc) is 2.14. The van der Waals surface area contributed by atoms with Crippen molar-refractivity contribution in [1.29, 1.82) is 0 Å². The summed E-state index contributed by atoms with van der Waals surface area (Å²) >= 11 is 0. The van der Waals surface area contributed by atoms with E-state index in [9.17, 15) is 4.79 Å². The van der Waals surface area contributed by atoms with Crippen LogP contribution in [-0.2, 0) is 15.7 Å². The Morgan fingerprint density at radius 2 is 1.82 bits per heavy atom. The summed E-state index contributed by atoms with van der Waals surface area (Å²) < 4.78 is 0. The fourth-order valence-corrected chi connectivity index (χ4v) is 1.74. The van der Waals surface area contributed by atoms with E-state index in [2.05, 4.69) is 37.1 Å². The number of rotatable bonds is 2. The van der Waals surface area contributed by atoms with Crippen LogP contribution < -0.4 is 5.32 Å². The van der Waals surface area contributed by atoms with E-state index in [4.69, 9.17) is 0 Å². The summed E-state index contributed by atoms with van der Waals surface area (Å²) in [6, 6.07) is 4.01. The van der Waals surface area contributed by atoms with Gasteiger partial charge in [-0.2, -0.15) is 0 Å². The molecule has 0 aliphatic carbocycles. The molecule has 0 unspecified atom stereocenters. The van der Waals surface area contributed by atoms with Crippen LogP contribution in [0.25, 0.3) is 0 Å². The van der Waals surface area contributed by atoms with Gasteiger partial charge in [0.05, 0.1) is 5.54 Å². The first kappa shape index (κ1) is 13.7. The highest BCUT2D eigenvalue weighted by molar-refractivity contribution is 5.74. The number of amides is 1. The summed E-state index contributed by atoms with van der Waals surface area (Å²) in [5.41, 5.74) is 1.76. The lowest BCUT2D eigenvalue weighted by Gasteiger charge is -2.28. The molecule has 17 heavy (non-hydrogen) atoms. The van der Waals surface area contributed by atoms with Gasteiger partial charge in [0.25, 0.3) is 0 Å². The van der Waals surface area contributed by atoms with Crippen LogP contribution in [-0.4, -0.2) is 10.9 Å². The second-order valence-corrected chi connectivity index (χ2v) is 5.99. The maximum absolute atomic E-state index is 11.2. The number of carbonyl (C=O) groups excluding carboxylic acids is 1. The van der Waals surface area contributed by atoms with Crippen LogP contribution in [0.4, 0.5) is 0 Å². The van der Waals surface area contributed by atoms with E-state index in [1.165, 1.54) is 6.92 Å². The zero-order chi connectivity index (χ0) is 13.3. The first-order valence-electron chi connectivity index (χ1n) is 5.89. The van der Waals surface area contributed by atoms with Crippen LogP contribution >= 0.6 is 0 Å². The molecule has 0 saturated heterocycles. The third-order valence-corrected chi connectivity index (χ3v) is 2.74. The average molecular weight is 234 g/mol. The Labute approximate surface area is 104 Å². The number of hydrogen-bond donors (Lipinski definition) is 1. The van der Waals surface area contributed by atoms with E-state index in [0.29, 0.717) is 0 Å². The number of nitrogens with zero attached hydrogens (tertiary/aromatic N) is 1. The van der Waals surface area contributed by atoms with Crippen LogP contribution in [0, 0.1) is 0 Å². The number of pyridine rings is 1. The molecule has 0 atom stereocenters. The molecule has 0 bridgehead atoms. The van der Waals surface area contributed by atoms with Crippen molar-refractivity contribution in [3.63, 3.8) is 0 Å². The Morgan fingerprint density at radius 1 is 1.24 bits per heavy atom. The van der Waals surface area contributed by atoms with Crippen molar-refractivity contribution >= 4 is 5.91 Å².